The summed E-state index contributed by atoms with van der Waals surface area (Å²) in [6, 6.07) is 11.2. The van der Waals surface area contributed by atoms with Crippen LogP contribution in [0.4, 0.5) is 4.39 Å². The number of fused-ring (bicyclic) bond motifs is 1. The molecule has 11 heteroatoms. The van der Waals surface area contributed by atoms with Gasteiger partial charge in [0.2, 0.25) is 0 Å². The van der Waals surface area contributed by atoms with Gasteiger partial charge in [0.1, 0.15) is 22.5 Å². The van der Waals surface area contributed by atoms with Gasteiger partial charge in [0.25, 0.3) is 11.8 Å². The number of halogens is 1. The molecule has 0 spiro atoms. The van der Waals surface area contributed by atoms with Crippen molar-refractivity contribution in [1.29, 1.82) is 0 Å². The van der Waals surface area contributed by atoms with Gasteiger partial charge in [0.05, 0.1) is 39.1 Å². The normalized spacial score (nSPS) is 15.8. The number of benzene rings is 2. The number of aryl methyl sites for hydroxylation is 1. The van der Waals surface area contributed by atoms with E-state index >= 15 is 0 Å². The lowest BCUT2D eigenvalue weighted by atomic mass is 10.1. The van der Waals surface area contributed by atoms with Crippen molar-refractivity contribution in [3.8, 4) is 10.4 Å². The van der Waals surface area contributed by atoms with Gasteiger partial charge in [-0.3, -0.25) is 9.59 Å². The van der Waals surface area contributed by atoms with Crippen LogP contribution in [0.3, 0.4) is 0 Å². The van der Waals surface area contributed by atoms with Gasteiger partial charge in [0.15, 0.2) is 0 Å². The average molecular weight is 500 g/mol. The van der Waals surface area contributed by atoms with E-state index in [0.717, 1.165) is 27.2 Å². The molecule has 0 bridgehead atoms. The number of thioether (sulfide) groups is 1. The maximum absolute atomic E-state index is 13.4. The van der Waals surface area contributed by atoms with E-state index in [0.29, 0.717) is 40.5 Å². The third-order valence-corrected chi connectivity index (χ3v) is 7.96. The molecule has 1 aliphatic rings. The summed E-state index contributed by atoms with van der Waals surface area (Å²) in [5.41, 5.74) is 2.86. The minimum absolute atomic E-state index is 0.165. The van der Waals surface area contributed by atoms with Crippen LogP contribution < -0.4 is 5.32 Å². The summed E-state index contributed by atoms with van der Waals surface area (Å²) in [7, 11) is 0. The monoisotopic (exact) mass is 499 g/mol. The molecule has 3 heterocycles. The van der Waals surface area contributed by atoms with Crippen LogP contribution in [0.15, 0.2) is 42.5 Å². The molecule has 4 aromatic rings. The summed E-state index contributed by atoms with van der Waals surface area (Å²) < 4.78 is 21.8. The lowest BCUT2D eigenvalue weighted by Gasteiger charge is -2.24. The zero-order valence-electron chi connectivity index (χ0n) is 17.4. The summed E-state index contributed by atoms with van der Waals surface area (Å²) in [6.45, 7) is 2.17. The molecule has 2 amide bonds. The lowest BCUT2D eigenvalue weighted by Crippen LogP contribution is -2.44. The van der Waals surface area contributed by atoms with Crippen molar-refractivity contribution in [2.24, 2.45) is 0 Å². The highest BCUT2D eigenvalue weighted by Crippen LogP contribution is 2.33. The van der Waals surface area contributed by atoms with Crippen molar-refractivity contribution in [3.63, 3.8) is 0 Å². The van der Waals surface area contributed by atoms with Crippen LogP contribution in [-0.2, 0) is 0 Å². The Bertz CT molecular complexity index is 1340. The number of carbonyl (C=O) groups is 2. The fraction of sp³-hybridized carbons (Fsp3) is 0.227. The van der Waals surface area contributed by atoms with Crippen molar-refractivity contribution in [2.75, 3.05) is 18.2 Å². The minimum Gasteiger partial charge on any atom is -0.350 e. The second-order valence-corrected chi connectivity index (χ2v) is 10.2. The van der Waals surface area contributed by atoms with E-state index in [9.17, 15) is 14.0 Å². The number of amides is 2. The van der Waals surface area contributed by atoms with Crippen molar-refractivity contribution in [1.82, 2.24) is 23.9 Å². The fourth-order valence-corrected chi connectivity index (χ4v) is 6.34. The predicted molar refractivity (Wildman–Crippen MR) is 129 cm³/mol. The predicted octanol–water partition coefficient (Wildman–Crippen LogP) is 4.21. The highest BCUT2D eigenvalue weighted by molar-refractivity contribution is 7.99. The molecule has 0 saturated carbocycles. The summed E-state index contributed by atoms with van der Waals surface area (Å²) in [4.78, 5) is 33.2. The van der Waals surface area contributed by atoms with E-state index < -0.39 is 0 Å². The Balaban J connectivity index is 1.33. The van der Waals surface area contributed by atoms with Gasteiger partial charge < -0.3 is 10.2 Å². The highest BCUT2D eigenvalue weighted by Gasteiger charge is 2.33. The Morgan fingerprint density at radius 2 is 2.00 bits per heavy atom. The molecule has 7 nitrogen and oxygen atoms in total. The van der Waals surface area contributed by atoms with Crippen molar-refractivity contribution < 1.29 is 14.0 Å². The number of nitrogens with one attached hydrogen (secondary N) is 1. The van der Waals surface area contributed by atoms with Gasteiger partial charge in [0, 0.05) is 12.3 Å². The summed E-state index contributed by atoms with van der Waals surface area (Å²) in [5, 5.41) is 3.71. The van der Waals surface area contributed by atoms with Crippen LogP contribution in [-0.4, -0.2) is 54.7 Å². The average Bonchev–Trinajstić information content (AvgIpc) is 3.56. The molecule has 33 heavy (non-hydrogen) atoms. The maximum Gasteiger partial charge on any atom is 0.275 e. The Morgan fingerprint density at radius 1 is 1.18 bits per heavy atom. The number of thiazole rings is 1. The van der Waals surface area contributed by atoms with Gasteiger partial charge in [-0.1, -0.05) is 18.2 Å². The van der Waals surface area contributed by atoms with Gasteiger partial charge in [-0.2, -0.15) is 8.75 Å². The van der Waals surface area contributed by atoms with Crippen LogP contribution >= 0.6 is 34.8 Å². The first kappa shape index (κ1) is 21.9. The number of aromatic nitrogens is 3. The number of nitrogens with zero attached hydrogens (tertiary/aromatic N) is 4. The molecule has 2 aromatic heterocycles. The summed E-state index contributed by atoms with van der Waals surface area (Å²) >= 11 is 4.11. The first-order chi connectivity index (χ1) is 16.0. The molecular weight excluding hydrogens is 481 g/mol. The minimum atomic E-state index is -0.330. The third-order valence-electron chi connectivity index (χ3n) is 5.31. The van der Waals surface area contributed by atoms with Crippen LogP contribution in [0.25, 0.3) is 21.5 Å². The van der Waals surface area contributed by atoms with Gasteiger partial charge in [-0.05, 0) is 36.8 Å². The van der Waals surface area contributed by atoms with Gasteiger partial charge >= 0.3 is 0 Å². The zero-order valence-corrected chi connectivity index (χ0v) is 19.9. The second kappa shape index (κ2) is 9.16. The van der Waals surface area contributed by atoms with E-state index in [1.807, 2.05) is 13.0 Å². The first-order valence-electron chi connectivity index (χ1n) is 10.1. The molecule has 1 N–H and O–H groups in total. The SMILES string of the molecule is Cc1nc(C(=O)N2CSC[C@H]2CNC(=O)c2cccc3nsnc23)c(-c2ccc(F)cc2)s1. The molecular formula is C22H18FN5O2S3. The molecule has 168 valence electrons. The standard InChI is InChI=1S/C22H18FN5O2S3/c1-12-25-19(20(32-12)13-5-7-14(23)8-6-13)22(30)28-11-31-10-15(28)9-24-21(29)16-3-2-4-17-18(16)27-33-26-17/h2-8,15H,9-11H2,1H3,(H,24,29)/t15-/m1/s1. The quantitative estimate of drug-likeness (QED) is 0.443. The van der Waals surface area contributed by atoms with Crippen molar-refractivity contribution >= 4 is 57.7 Å². The van der Waals surface area contributed by atoms with Crippen LogP contribution in [0.1, 0.15) is 25.9 Å². The number of carbonyl (C=O) groups excluding carboxylic acids is 2. The molecule has 1 fully saturated rings. The first-order valence-corrected chi connectivity index (χ1v) is 12.8. The Labute approximate surface area is 201 Å². The molecule has 5 rings (SSSR count). The molecule has 0 radical (unpaired) electrons. The van der Waals surface area contributed by atoms with E-state index in [4.69, 9.17) is 0 Å². The Kier molecular flexibility index (Phi) is 6.09. The number of hydrogen-bond donors (Lipinski definition) is 1. The Morgan fingerprint density at radius 3 is 2.82 bits per heavy atom. The third kappa shape index (κ3) is 4.35. The highest BCUT2D eigenvalue weighted by atomic mass is 32.2. The van der Waals surface area contributed by atoms with E-state index in [2.05, 4.69) is 19.0 Å². The molecule has 2 aromatic carbocycles. The molecule has 0 unspecified atom stereocenters. The molecule has 1 atom stereocenters. The number of rotatable bonds is 5. The largest absolute Gasteiger partial charge is 0.350 e. The summed E-state index contributed by atoms with van der Waals surface area (Å²) in [6.07, 6.45) is 0. The fourth-order valence-electron chi connectivity index (χ4n) is 3.68. The van der Waals surface area contributed by atoms with E-state index in [1.165, 1.54) is 23.5 Å². The van der Waals surface area contributed by atoms with Crippen LogP contribution in [0, 0.1) is 12.7 Å². The second-order valence-electron chi connectivity index (χ2n) is 7.49. The van der Waals surface area contributed by atoms with Crippen LogP contribution in [0.5, 0.6) is 0 Å². The molecule has 1 aliphatic heterocycles. The van der Waals surface area contributed by atoms with Crippen LogP contribution in [0.2, 0.25) is 0 Å². The zero-order chi connectivity index (χ0) is 22.9. The molecule has 1 saturated heterocycles. The number of hydrogen-bond acceptors (Lipinski definition) is 8. The maximum atomic E-state index is 13.4. The topological polar surface area (TPSA) is 88.1 Å². The van der Waals surface area contributed by atoms with E-state index in [-0.39, 0.29) is 23.7 Å². The van der Waals surface area contributed by atoms with Gasteiger partial charge in [-0.25, -0.2) is 9.37 Å². The smallest absolute Gasteiger partial charge is 0.275 e. The van der Waals surface area contributed by atoms with Crippen molar-refractivity contribution in [2.45, 2.75) is 13.0 Å². The lowest BCUT2D eigenvalue weighted by molar-refractivity contribution is 0.0732. The van der Waals surface area contributed by atoms with E-state index in [1.54, 1.807) is 40.9 Å². The van der Waals surface area contributed by atoms with Crippen molar-refractivity contribution in [3.05, 3.63) is 64.5 Å². The van der Waals surface area contributed by atoms with Gasteiger partial charge in [-0.15, -0.1) is 23.1 Å². The molecule has 0 aliphatic carbocycles. The Hall–Kier alpha value is -2.89. The summed E-state index contributed by atoms with van der Waals surface area (Å²) in [5.74, 6) is 0.472.